The number of benzene rings is 2. The SMILES string of the molecule is COc1ccc(C(C)C)cc1-c1ccc(C(F)(F)F)cc1[C@H]1OC(=O)N[C@@H]1C. The topological polar surface area (TPSA) is 47.6 Å². The van der Waals surface area contributed by atoms with Crippen LogP contribution >= 0.6 is 0 Å². The zero-order valence-corrected chi connectivity index (χ0v) is 16.1. The first-order chi connectivity index (χ1) is 13.1. The lowest BCUT2D eigenvalue weighted by molar-refractivity contribution is -0.137. The molecule has 4 nitrogen and oxygen atoms in total. The first-order valence-corrected chi connectivity index (χ1v) is 8.98. The third-order valence-electron chi connectivity index (χ3n) is 4.90. The molecule has 0 unspecified atom stereocenters. The lowest BCUT2D eigenvalue weighted by Crippen LogP contribution is -2.24. The summed E-state index contributed by atoms with van der Waals surface area (Å²) in [5, 5.41) is 2.59. The Morgan fingerprint density at radius 3 is 2.36 bits per heavy atom. The highest BCUT2D eigenvalue weighted by Gasteiger charge is 2.37. The van der Waals surface area contributed by atoms with Gasteiger partial charge in [-0.2, -0.15) is 13.2 Å². The van der Waals surface area contributed by atoms with Gasteiger partial charge < -0.3 is 14.8 Å². The summed E-state index contributed by atoms with van der Waals surface area (Å²) in [5.74, 6) is 0.766. The van der Waals surface area contributed by atoms with Crippen LogP contribution in [0.1, 0.15) is 49.5 Å². The van der Waals surface area contributed by atoms with Gasteiger partial charge in [-0.1, -0.05) is 26.0 Å². The van der Waals surface area contributed by atoms with Crippen molar-refractivity contribution in [3.05, 3.63) is 53.1 Å². The van der Waals surface area contributed by atoms with Crippen molar-refractivity contribution in [2.45, 2.75) is 45.0 Å². The molecule has 0 spiro atoms. The molecule has 1 aliphatic rings. The largest absolute Gasteiger partial charge is 0.496 e. The molecule has 2 aromatic rings. The Labute approximate surface area is 161 Å². The Kier molecular flexibility index (Phi) is 5.28. The molecule has 1 aliphatic heterocycles. The van der Waals surface area contributed by atoms with E-state index in [4.69, 9.17) is 9.47 Å². The van der Waals surface area contributed by atoms with Gasteiger partial charge in [0.15, 0.2) is 0 Å². The van der Waals surface area contributed by atoms with E-state index in [1.807, 2.05) is 26.0 Å². The summed E-state index contributed by atoms with van der Waals surface area (Å²) >= 11 is 0. The zero-order chi connectivity index (χ0) is 20.6. The molecule has 2 atom stereocenters. The fourth-order valence-electron chi connectivity index (χ4n) is 3.36. The van der Waals surface area contributed by atoms with Crippen LogP contribution in [0.15, 0.2) is 36.4 Å². The second-order valence-electron chi connectivity index (χ2n) is 7.17. The third kappa shape index (κ3) is 3.79. The van der Waals surface area contributed by atoms with Gasteiger partial charge in [-0.25, -0.2) is 4.79 Å². The van der Waals surface area contributed by atoms with E-state index >= 15 is 0 Å². The lowest BCUT2D eigenvalue weighted by atomic mass is 9.89. The average molecular weight is 393 g/mol. The molecule has 0 aliphatic carbocycles. The van der Waals surface area contributed by atoms with Crippen LogP contribution in [0, 0.1) is 0 Å². The van der Waals surface area contributed by atoms with E-state index in [-0.39, 0.29) is 5.92 Å². The van der Waals surface area contributed by atoms with Crippen molar-refractivity contribution in [2.24, 2.45) is 0 Å². The number of methoxy groups -OCH3 is 1. The molecule has 1 N–H and O–H groups in total. The number of ether oxygens (including phenoxy) is 2. The van der Waals surface area contributed by atoms with Crippen molar-refractivity contribution < 1.29 is 27.4 Å². The summed E-state index contributed by atoms with van der Waals surface area (Å²) in [5.41, 5.74) is 1.73. The van der Waals surface area contributed by atoms with Gasteiger partial charge in [0.25, 0.3) is 0 Å². The molecule has 0 bridgehead atoms. The summed E-state index contributed by atoms with van der Waals surface area (Å²) < 4.78 is 50.7. The van der Waals surface area contributed by atoms with E-state index in [0.717, 1.165) is 17.7 Å². The molecule has 150 valence electrons. The van der Waals surface area contributed by atoms with Gasteiger partial charge in [0.05, 0.1) is 18.7 Å². The van der Waals surface area contributed by atoms with Crippen molar-refractivity contribution in [2.75, 3.05) is 7.11 Å². The summed E-state index contributed by atoms with van der Waals surface area (Å²) in [6.45, 7) is 5.76. The fraction of sp³-hybridized carbons (Fsp3) is 0.381. The van der Waals surface area contributed by atoms with Crippen molar-refractivity contribution in [3.63, 3.8) is 0 Å². The van der Waals surface area contributed by atoms with E-state index in [1.165, 1.54) is 13.2 Å². The second-order valence-corrected chi connectivity index (χ2v) is 7.17. The van der Waals surface area contributed by atoms with Crippen molar-refractivity contribution in [1.29, 1.82) is 0 Å². The van der Waals surface area contributed by atoms with Crippen LogP contribution in [0.2, 0.25) is 0 Å². The first-order valence-electron chi connectivity index (χ1n) is 8.98. The maximum Gasteiger partial charge on any atom is 0.416 e. The fourth-order valence-corrected chi connectivity index (χ4v) is 3.36. The third-order valence-corrected chi connectivity index (χ3v) is 4.90. The molecule has 1 heterocycles. The van der Waals surface area contributed by atoms with Crippen LogP contribution in [0.25, 0.3) is 11.1 Å². The molecule has 0 saturated carbocycles. The molecule has 2 aromatic carbocycles. The summed E-state index contributed by atoms with van der Waals surface area (Å²) in [7, 11) is 1.51. The predicted molar refractivity (Wildman–Crippen MR) is 99.3 cm³/mol. The summed E-state index contributed by atoms with van der Waals surface area (Å²) in [6, 6.07) is 8.68. The van der Waals surface area contributed by atoms with Gasteiger partial charge in [-0.05, 0) is 48.2 Å². The smallest absolute Gasteiger partial charge is 0.416 e. The molecule has 1 fully saturated rings. The molecule has 28 heavy (non-hydrogen) atoms. The molecule has 0 aromatic heterocycles. The molecule has 7 heteroatoms. The molecule has 1 saturated heterocycles. The van der Waals surface area contributed by atoms with Crippen LogP contribution in [-0.2, 0) is 10.9 Å². The Morgan fingerprint density at radius 2 is 1.82 bits per heavy atom. The number of alkyl halides is 3. The summed E-state index contributed by atoms with van der Waals surface area (Å²) in [6.07, 6.45) is -5.99. The predicted octanol–water partition coefficient (Wildman–Crippen LogP) is 5.67. The van der Waals surface area contributed by atoms with E-state index in [0.29, 0.717) is 22.4 Å². The number of hydrogen-bond acceptors (Lipinski definition) is 3. The number of amides is 1. The lowest BCUT2D eigenvalue weighted by Gasteiger charge is -2.21. The highest BCUT2D eigenvalue weighted by atomic mass is 19.4. The Bertz CT molecular complexity index is 893. The number of halogens is 3. The van der Waals surface area contributed by atoms with Crippen LogP contribution in [-0.4, -0.2) is 19.2 Å². The number of carbonyl (C=O) groups excluding carboxylic acids is 1. The average Bonchev–Trinajstić information content (AvgIpc) is 2.97. The van der Waals surface area contributed by atoms with E-state index in [1.54, 1.807) is 13.0 Å². The maximum absolute atomic E-state index is 13.3. The van der Waals surface area contributed by atoms with Gasteiger partial charge in [0.2, 0.25) is 0 Å². The monoisotopic (exact) mass is 393 g/mol. The van der Waals surface area contributed by atoms with Crippen molar-refractivity contribution in [3.8, 4) is 16.9 Å². The van der Waals surface area contributed by atoms with Crippen LogP contribution in [0.4, 0.5) is 18.0 Å². The maximum atomic E-state index is 13.3. The van der Waals surface area contributed by atoms with Crippen molar-refractivity contribution >= 4 is 6.09 Å². The molecule has 1 amide bonds. The normalized spacial score (nSPS) is 19.5. The Morgan fingerprint density at radius 1 is 1.11 bits per heavy atom. The Balaban J connectivity index is 2.23. The minimum atomic E-state index is -4.50. The standard InChI is InChI=1S/C21H22F3NO3/c1-11(2)13-5-8-18(27-4)16(9-13)15-7-6-14(21(22,23)24)10-17(15)19-12(3)25-20(26)28-19/h5-12,19H,1-4H3,(H,25,26)/t12-,19+/m1/s1. The van der Waals surface area contributed by atoms with E-state index < -0.39 is 30.0 Å². The van der Waals surface area contributed by atoms with Crippen molar-refractivity contribution in [1.82, 2.24) is 5.32 Å². The molecule has 0 radical (unpaired) electrons. The van der Waals surface area contributed by atoms with Gasteiger partial charge in [0, 0.05) is 11.1 Å². The number of hydrogen-bond donors (Lipinski definition) is 1. The van der Waals surface area contributed by atoms with Gasteiger partial charge >= 0.3 is 12.3 Å². The molecular weight excluding hydrogens is 371 g/mol. The minimum absolute atomic E-state index is 0.229. The Hall–Kier alpha value is -2.70. The van der Waals surface area contributed by atoms with E-state index in [9.17, 15) is 18.0 Å². The minimum Gasteiger partial charge on any atom is -0.496 e. The first kappa shape index (κ1) is 20.0. The number of alkyl carbamates (subject to hydrolysis) is 1. The zero-order valence-electron chi connectivity index (χ0n) is 16.1. The number of carbonyl (C=O) groups is 1. The second kappa shape index (κ2) is 7.37. The van der Waals surface area contributed by atoms with Gasteiger partial charge in [0.1, 0.15) is 11.9 Å². The van der Waals surface area contributed by atoms with Crippen LogP contribution < -0.4 is 10.1 Å². The number of cyclic esters (lactones) is 1. The van der Waals surface area contributed by atoms with Crippen LogP contribution in [0.3, 0.4) is 0 Å². The highest BCUT2D eigenvalue weighted by molar-refractivity contribution is 5.77. The summed E-state index contributed by atoms with van der Waals surface area (Å²) in [4.78, 5) is 11.7. The highest BCUT2D eigenvalue weighted by Crippen LogP contribution is 2.42. The number of nitrogens with one attached hydrogen (secondary N) is 1. The van der Waals surface area contributed by atoms with Gasteiger partial charge in [-0.3, -0.25) is 0 Å². The molecular formula is C21H22F3NO3. The number of rotatable bonds is 4. The molecule has 3 rings (SSSR count). The van der Waals surface area contributed by atoms with Gasteiger partial charge in [-0.15, -0.1) is 0 Å². The van der Waals surface area contributed by atoms with E-state index in [2.05, 4.69) is 5.32 Å². The quantitative estimate of drug-likeness (QED) is 0.728. The van der Waals surface area contributed by atoms with Crippen LogP contribution in [0.5, 0.6) is 5.75 Å².